The van der Waals surface area contributed by atoms with Gasteiger partial charge in [0, 0.05) is 0 Å². The van der Waals surface area contributed by atoms with Crippen LogP contribution in [-0.2, 0) is 0 Å². The number of hydrogen-bond acceptors (Lipinski definition) is 0. The first kappa shape index (κ1) is 17.0. The van der Waals surface area contributed by atoms with Crippen molar-refractivity contribution in [2.24, 2.45) is 29.1 Å². The Morgan fingerprint density at radius 3 is 1.76 bits per heavy atom. The molecule has 5 unspecified atom stereocenters. The Morgan fingerprint density at radius 2 is 1.53 bits per heavy atom. The summed E-state index contributed by atoms with van der Waals surface area (Å²) in [6.07, 6.45) is 6.19. The standard InChI is InChI=1S/C11H18.3C2H6/c1-3-8-6-9-4-5-11(9)7(2)10(8)11;3*1-2/h7-10H,3-6H2,1-2H3;3*1-2H3. The first-order valence-corrected chi connectivity index (χ1v) is 8.30. The zero-order valence-electron chi connectivity index (χ0n) is 13.6. The fraction of sp³-hybridized carbons (Fsp3) is 1.00. The highest BCUT2D eigenvalue weighted by atomic mass is 14.8. The van der Waals surface area contributed by atoms with Gasteiger partial charge in [-0.1, -0.05) is 61.8 Å². The predicted molar refractivity (Wildman–Crippen MR) is 80.3 cm³/mol. The van der Waals surface area contributed by atoms with E-state index in [-0.39, 0.29) is 0 Å². The lowest BCUT2D eigenvalue weighted by molar-refractivity contribution is 0.142. The molecule has 0 heteroatoms. The molecule has 0 nitrogen and oxygen atoms in total. The number of rotatable bonds is 1. The molecule has 3 aliphatic carbocycles. The van der Waals surface area contributed by atoms with Gasteiger partial charge in [-0.3, -0.25) is 0 Å². The van der Waals surface area contributed by atoms with Crippen molar-refractivity contribution in [3.8, 4) is 0 Å². The predicted octanol–water partition coefficient (Wildman–Crippen LogP) is 6.16. The smallest absolute Gasteiger partial charge is 0.0207 e. The van der Waals surface area contributed by atoms with Crippen LogP contribution in [0.15, 0.2) is 0 Å². The summed E-state index contributed by atoms with van der Waals surface area (Å²) in [7, 11) is 0. The van der Waals surface area contributed by atoms with Crippen LogP contribution in [0.3, 0.4) is 0 Å². The molecule has 104 valence electrons. The molecule has 3 aliphatic rings. The summed E-state index contributed by atoms with van der Waals surface area (Å²) < 4.78 is 0. The molecule has 17 heavy (non-hydrogen) atoms. The van der Waals surface area contributed by atoms with E-state index in [1.165, 1.54) is 18.3 Å². The van der Waals surface area contributed by atoms with Crippen molar-refractivity contribution < 1.29 is 0 Å². The Balaban J connectivity index is 0.000000379. The molecule has 0 N–H and O–H groups in total. The highest BCUT2D eigenvalue weighted by Crippen LogP contribution is 2.81. The normalized spacial score (nSPS) is 43.1. The Labute approximate surface area is 111 Å². The van der Waals surface area contributed by atoms with Crippen molar-refractivity contribution in [1.82, 2.24) is 0 Å². The average Bonchev–Trinajstić information content (AvgIpc) is 2.97. The van der Waals surface area contributed by atoms with E-state index in [9.17, 15) is 0 Å². The molecule has 1 spiro atoms. The Hall–Kier alpha value is 0. The van der Waals surface area contributed by atoms with Crippen LogP contribution in [0.5, 0.6) is 0 Å². The van der Waals surface area contributed by atoms with Crippen LogP contribution >= 0.6 is 0 Å². The topological polar surface area (TPSA) is 0 Å². The fourth-order valence-electron chi connectivity index (χ4n) is 4.53. The van der Waals surface area contributed by atoms with Crippen LogP contribution < -0.4 is 0 Å². The summed E-state index contributed by atoms with van der Waals surface area (Å²) in [6.45, 7) is 16.9. The van der Waals surface area contributed by atoms with Gasteiger partial charge in [0.2, 0.25) is 0 Å². The van der Waals surface area contributed by atoms with E-state index >= 15 is 0 Å². The minimum atomic E-state index is 0.931. The van der Waals surface area contributed by atoms with Gasteiger partial charge in [-0.15, -0.1) is 0 Å². The maximum Gasteiger partial charge on any atom is -0.0207 e. The minimum Gasteiger partial charge on any atom is -0.0683 e. The molecule has 0 aliphatic heterocycles. The van der Waals surface area contributed by atoms with Gasteiger partial charge in [0.15, 0.2) is 0 Å². The summed E-state index contributed by atoms with van der Waals surface area (Å²) in [5, 5.41) is 0. The van der Waals surface area contributed by atoms with Gasteiger partial charge in [0.25, 0.3) is 0 Å². The molecule has 3 saturated carbocycles. The summed E-state index contributed by atoms with van der Waals surface area (Å²) in [4.78, 5) is 0. The maximum absolute atomic E-state index is 2.50. The lowest BCUT2D eigenvalue weighted by Gasteiger charge is -2.35. The van der Waals surface area contributed by atoms with Gasteiger partial charge in [-0.2, -0.15) is 0 Å². The molecule has 0 aromatic carbocycles. The summed E-state index contributed by atoms with van der Waals surface area (Å²) in [5.41, 5.74) is 0.931. The van der Waals surface area contributed by atoms with Crippen LogP contribution in [0.2, 0.25) is 0 Å². The molecule has 3 fully saturated rings. The second-order valence-corrected chi connectivity index (χ2v) is 5.07. The Kier molecular flexibility index (Phi) is 7.44. The van der Waals surface area contributed by atoms with Crippen LogP contribution in [0.25, 0.3) is 0 Å². The van der Waals surface area contributed by atoms with Gasteiger partial charge >= 0.3 is 0 Å². The molecule has 0 bridgehead atoms. The zero-order chi connectivity index (χ0) is 13.6. The van der Waals surface area contributed by atoms with E-state index < -0.39 is 0 Å². The summed E-state index contributed by atoms with van der Waals surface area (Å²) in [6, 6.07) is 0. The van der Waals surface area contributed by atoms with E-state index in [0.717, 1.165) is 17.3 Å². The molecule has 0 amide bonds. The maximum atomic E-state index is 2.50. The van der Waals surface area contributed by atoms with Gasteiger partial charge in [0.1, 0.15) is 0 Å². The van der Waals surface area contributed by atoms with E-state index in [1.807, 2.05) is 41.5 Å². The third kappa shape index (κ3) is 2.42. The fourth-order valence-corrected chi connectivity index (χ4v) is 4.53. The third-order valence-corrected chi connectivity index (χ3v) is 5.20. The lowest BCUT2D eigenvalue weighted by atomic mass is 9.69. The SMILES string of the molecule is CC.CC.CC.CCC1CC2CCC23C(C)C13. The molecule has 0 radical (unpaired) electrons. The molecular formula is C17H36. The van der Waals surface area contributed by atoms with E-state index in [4.69, 9.17) is 0 Å². The molecule has 0 heterocycles. The first-order valence-electron chi connectivity index (χ1n) is 8.30. The van der Waals surface area contributed by atoms with Crippen LogP contribution in [0.1, 0.15) is 81.1 Å². The van der Waals surface area contributed by atoms with Crippen molar-refractivity contribution in [3.63, 3.8) is 0 Å². The van der Waals surface area contributed by atoms with Crippen LogP contribution in [-0.4, -0.2) is 0 Å². The zero-order valence-corrected chi connectivity index (χ0v) is 13.6. The molecule has 5 atom stereocenters. The second kappa shape index (κ2) is 7.44. The van der Waals surface area contributed by atoms with Gasteiger partial charge in [0.05, 0.1) is 0 Å². The third-order valence-electron chi connectivity index (χ3n) is 5.20. The molecule has 0 aromatic rings. The molecule has 3 rings (SSSR count). The largest absolute Gasteiger partial charge is 0.0683 e. The molecule has 0 aromatic heterocycles. The summed E-state index contributed by atoms with van der Waals surface area (Å²) >= 11 is 0. The van der Waals surface area contributed by atoms with Crippen molar-refractivity contribution in [3.05, 3.63) is 0 Å². The minimum absolute atomic E-state index is 0.931. The Bertz CT molecular complexity index is 196. The lowest BCUT2D eigenvalue weighted by Crippen LogP contribution is -2.26. The first-order chi connectivity index (χ1) is 8.30. The monoisotopic (exact) mass is 240 g/mol. The van der Waals surface area contributed by atoms with Crippen molar-refractivity contribution in [1.29, 1.82) is 0 Å². The molecular weight excluding hydrogens is 204 g/mol. The molecule has 0 saturated heterocycles. The highest BCUT2D eigenvalue weighted by Gasteiger charge is 2.74. The van der Waals surface area contributed by atoms with Crippen LogP contribution in [0, 0.1) is 29.1 Å². The Morgan fingerprint density at radius 1 is 1.00 bits per heavy atom. The number of hydrogen-bond donors (Lipinski definition) is 0. The van der Waals surface area contributed by atoms with E-state index in [1.54, 1.807) is 19.3 Å². The van der Waals surface area contributed by atoms with Crippen molar-refractivity contribution >= 4 is 0 Å². The van der Waals surface area contributed by atoms with Gasteiger partial charge in [-0.25, -0.2) is 0 Å². The van der Waals surface area contributed by atoms with Gasteiger partial charge in [-0.05, 0) is 48.3 Å². The van der Waals surface area contributed by atoms with Crippen molar-refractivity contribution in [2.75, 3.05) is 0 Å². The summed E-state index contributed by atoms with van der Waals surface area (Å²) in [5.74, 6) is 4.58. The quantitative estimate of drug-likeness (QED) is 0.515. The average molecular weight is 240 g/mol. The van der Waals surface area contributed by atoms with Crippen LogP contribution in [0.4, 0.5) is 0 Å². The van der Waals surface area contributed by atoms with E-state index in [2.05, 4.69) is 13.8 Å². The highest BCUT2D eigenvalue weighted by molar-refractivity contribution is 5.23. The van der Waals surface area contributed by atoms with E-state index in [0.29, 0.717) is 0 Å². The van der Waals surface area contributed by atoms with Gasteiger partial charge < -0.3 is 0 Å². The second-order valence-electron chi connectivity index (χ2n) is 5.07. The van der Waals surface area contributed by atoms with Crippen molar-refractivity contribution in [2.45, 2.75) is 81.1 Å².